The van der Waals surface area contributed by atoms with Crippen molar-refractivity contribution in [2.75, 3.05) is 46.4 Å². The van der Waals surface area contributed by atoms with Crippen molar-refractivity contribution in [1.82, 2.24) is 15.1 Å². The Hall–Kier alpha value is -0.160. The maximum absolute atomic E-state index is 5.38. The molecule has 1 fully saturated rings. The summed E-state index contributed by atoms with van der Waals surface area (Å²) in [5, 5.41) is 3.53. The Morgan fingerprint density at radius 2 is 2.06 bits per heavy atom. The molecule has 4 heteroatoms. The molecule has 0 bridgehead atoms. The Balaban J connectivity index is 2.47. The number of nitrogens with one attached hydrogen (secondary N) is 1. The van der Waals surface area contributed by atoms with E-state index in [1.165, 1.54) is 6.54 Å². The van der Waals surface area contributed by atoms with E-state index in [0.29, 0.717) is 18.1 Å². The van der Waals surface area contributed by atoms with E-state index in [0.717, 1.165) is 32.8 Å². The molecule has 2 unspecified atom stereocenters. The Labute approximate surface area is 113 Å². The normalized spacial score (nSPS) is 24.7. The van der Waals surface area contributed by atoms with Crippen LogP contribution in [0.4, 0.5) is 0 Å². The van der Waals surface area contributed by atoms with E-state index in [4.69, 9.17) is 4.74 Å². The van der Waals surface area contributed by atoms with Crippen molar-refractivity contribution in [3.05, 3.63) is 0 Å². The van der Waals surface area contributed by atoms with Crippen molar-refractivity contribution in [2.24, 2.45) is 0 Å². The van der Waals surface area contributed by atoms with Gasteiger partial charge in [-0.25, -0.2) is 0 Å². The molecule has 0 aliphatic carbocycles. The first kappa shape index (κ1) is 15.9. The first-order chi connectivity index (χ1) is 8.58. The number of rotatable bonds is 7. The molecule has 2 atom stereocenters. The second-order valence-electron chi connectivity index (χ2n) is 5.64. The summed E-state index contributed by atoms with van der Waals surface area (Å²) in [7, 11) is 1.80. The SMILES string of the molecule is CCN1CCN(C(CNC(C)C)COC)CC1C. The predicted octanol–water partition coefficient (Wildman–Crippen LogP) is 1.03. The minimum Gasteiger partial charge on any atom is -0.383 e. The lowest BCUT2D eigenvalue weighted by Gasteiger charge is -2.43. The maximum Gasteiger partial charge on any atom is 0.0630 e. The average molecular weight is 257 g/mol. The van der Waals surface area contributed by atoms with Gasteiger partial charge in [0.2, 0.25) is 0 Å². The van der Waals surface area contributed by atoms with Crippen LogP contribution >= 0.6 is 0 Å². The zero-order chi connectivity index (χ0) is 13.5. The lowest BCUT2D eigenvalue weighted by Crippen LogP contribution is -2.57. The number of methoxy groups -OCH3 is 1. The highest BCUT2D eigenvalue weighted by atomic mass is 16.5. The second-order valence-corrected chi connectivity index (χ2v) is 5.64. The van der Waals surface area contributed by atoms with Crippen LogP contribution in [0, 0.1) is 0 Å². The Morgan fingerprint density at radius 1 is 1.33 bits per heavy atom. The van der Waals surface area contributed by atoms with Gasteiger partial charge in [-0.15, -0.1) is 0 Å². The fraction of sp³-hybridized carbons (Fsp3) is 1.00. The van der Waals surface area contributed by atoms with Crippen LogP contribution in [0.2, 0.25) is 0 Å². The van der Waals surface area contributed by atoms with Gasteiger partial charge in [-0.05, 0) is 13.5 Å². The first-order valence-corrected chi connectivity index (χ1v) is 7.28. The zero-order valence-electron chi connectivity index (χ0n) is 12.8. The third kappa shape index (κ3) is 4.84. The number of hydrogen-bond acceptors (Lipinski definition) is 4. The maximum atomic E-state index is 5.38. The molecule has 1 rings (SSSR count). The molecule has 1 aliphatic rings. The number of ether oxygens (including phenoxy) is 1. The van der Waals surface area contributed by atoms with Crippen molar-refractivity contribution >= 4 is 0 Å². The summed E-state index contributed by atoms with van der Waals surface area (Å²) in [6, 6.07) is 1.69. The molecule has 1 aliphatic heterocycles. The molecule has 0 aromatic carbocycles. The molecule has 18 heavy (non-hydrogen) atoms. The van der Waals surface area contributed by atoms with Crippen LogP contribution in [0.15, 0.2) is 0 Å². The Kier molecular flexibility index (Phi) is 7.15. The molecular formula is C14H31N3O. The van der Waals surface area contributed by atoms with Gasteiger partial charge in [0.15, 0.2) is 0 Å². The highest BCUT2D eigenvalue weighted by molar-refractivity contribution is 4.84. The third-order valence-corrected chi connectivity index (χ3v) is 3.84. The summed E-state index contributed by atoms with van der Waals surface area (Å²) in [4.78, 5) is 5.13. The third-order valence-electron chi connectivity index (χ3n) is 3.84. The van der Waals surface area contributed by atoms with Gasteiger partial charge in [0.25, 0.3) is 0 Å². The molecule has 0 aromatic heterocycles. The topological polar surface area (TPSA) is 27.7 Å². The Bertz CT molecular complexity index is 223. The van der Waals surface area contributed by atoms with Crippen LogP contribution in [0.3, 0.4) is 0 Å². The molecular weight excluding hydrogens is 226 g/mol. The van der Waals surface area contributed by atoms with Crippen LogP contribution in [0.1, 0.15) is 27.7 Å². The van der Waals surface area contributed by atoms with E-state index in [1.807, 2.05) is 0 Å². The van der Waals surface area contributed by atoms with Crippen molar-refractivity contribution in [1.29, 1.82) is 0 Å². The summed E-state index contributed by atoms with van der Waals surface area (Å²) < 4.78 is 5.38. The molecule has 0 spiro atoms. The molecule has 108 valence electrons. The standard InChI is InChI=1S/C14H31N3O/c1-6-16-7-8-17(10-13(16)4)14(11-18-5)9-15-12(2)3/h12-15H,6-11H2,1-5H3. The van der Waals surface area contributed by atoms with E-state index in [-0.39, 0.29) is 0 Å². The van der Waals surface area contributed by atoms with Crippen molar-refractivity contribution in [2.45, 2.75) is 45.8 Å². The Morgan fingerprint density at radius 3 is 2.56 bits per heavy atom. The molecule has 1 saturated heterocycles. The van der Waals surface area contributed by atoms with E-state index >= 15 is 0 Å². The molecule has 0 amide bonds. The van der Waals surface area contributed by atoms with Gasteiger partial charge in [-0.1, -0.05) is 20.8 Å². The quantitative estimate of drug-likeness (QED) is 0.737. The highest BCUT2D eigenvalue weighted by Gasteiger charge is 2.27. The fourth-order valence-corrected chi connectivity index (χ4v) is 2.68. The molecule has 4 nitrogen and oxygen atoms in total. The number of likely N-dealkylation sites (N-methyl/N-ethyl adjacent to an activating group) is 1. The molecule has 1 N–H and O–H groups in total. The van der Waals surface area contributed by atoms with Crippen LogP contribution in [-0.2, 0) is 4.74 Å². The van der Waals surface area contributed by atoms with Crippen LogP contribution in [0.5, 0.6) is 0 Å². The summed E-state index contributed by atoms with van der Waals surface area (Å²) in [5.41, 5.74) is 0. The first-order valence-electron chi connectivity index (χ1n) is 7.28. The lowest BCUT2D eigenvalue weighted by atomic mass is 10.1. The molecule has 1 heterocycles. The van der Waals surface area contributed by atoms with Gasteiger partial charge in [-0.2, -0.15) is 0 Å². The number of piperazine rings is 1. The number of hydrogen-bond donors (Lipinski definition) is 1. The smallest absolute Gasteiger partial charge is 0.0630 e. The van der Waals surface area contributed by atoms with Gasteiger partial charge in [0, 0.05) is 51.4 Å². The van der Waals surface area contributed by atoms with E-state index in [9.17, 15) is 0 Å². The highest BCUT2D eigenvalue weighted by Crippen LogP contribution is 2.12. The van der Waals surface area contributed by atoms with Gasteiger partial charge in [0.05, 0.1) is 6.61 Å². The van der Waals surface area contributed by atoms with Crippen LogP contribution in [-0.4, -0.2) is 74.4 Å². The van der Waals surface area contributed by atoms with Gasteiger partial charge >= 0.3 is 0 Å². The largest absolute Gasteiger partial charge is 0.383 e. The van der Waals surface area contributed by atoms with Crippen LogP contribution < -0.4 is 5.32 Å². The number of nitrogens with zero attached hydrogens (tertiary/aromatic N) is 2. The van der Waals surface area contributed by atoms with Gasteiger partial charge < -0.3 is 10.1 Å². The molecule has 0 aromatic rings. The zero-order valence-corrected chi connectivity index (χ0v) is 12.8. The minimum atomic E-state index is 0.499. The van der Waals surface area contributed by atoms with Gasteiger partial charge in [0.1, 0.15) is 0 Å². The summed E-state index contributed by atoms with van der Waals surface area (Å²) in [6.45, 7) is 15.5. The van der Waals surface area contributed by atoms with Crippen molar-refractivity contribution in [3.8, 4) is 0 Å². The van der Waals surface area contributed by atoms with E-state index in [1.54, 1.807) is 7.11 Å². The van der Waals surface area contributed by atoms with E-state index < -0.39 is 0 Å². The monoisotopic (exact) mass is 257 g/mol. The van der Waals surface area contributed by atoms with Crippen molar-refractivity contribution < 1.29 is 4.74 Å². The van der Waals surface area contributed by atoms with Crippen LogP contribution in [0.25, 0.3) is 0 Å². The summed E-state index contributed by atoms with van der Waals surface area (Å²) in [6.07, 6.45) is 0. The predicted molar refractivity (Wildman–Crippen MR) is 77.1 cm³/mol. The van der Waals surface area contributed by atoms with E-state index in [2.05, 4.69) is 42.8 Å². The molecule has 0 radical (unpaired) electrons. The summed E-state index contributed by atoms with van der Waals surface area (Å²) >= 11 is 0. The van der Waals surface area contributed by atoms with Crippen molar-refractivity contribution in [3.63, 3.8) is 0 Å². The van der Waals surface area contributed by atoms with Gasteiger partial charge in [-0.3, -0.25) is 9.80 Å². The minimum absolute atomic E-state index is 0.499. The fourth-order valence-electron chi connectivity index (χ4n) is 2.68. The molecule has 0 saturated carbocycles. The average Bonchev–Trinajstić information content (AvgIpc) is 2.34. The summed E-state index contributed by atoms with van der Waals surface area (Å²) in [5.74, 6) is 0. The lowest BCUT2D eigenvalue weighted by molar-refractivity contribution is 0.0261. The second kappa shape index (κ2) is 8.10.